The first-order valence-corrected chi connectivity index (χ1v) is 5.00. The van der Waals surface area contributed by atoms with Crippen LogP contribution in [-0.2, 0) is 13.0 Å². The zero-order chi connectivity index (χ0) is 10.1. The lowest BCUT2D eigenvalue weighted by Crippen LogP contribution is -1.97. The van der Waals surface area contributed by atoms with Crippen molar-refractivity contribution in [1.82, 2.24) is 9.38 Å². The fourth-order valence-corrected chi connectivity index (χ4v) is 1.90. The highest BCUT2D eigenvalue weighted by molar-refractivity contribution is 6.34. The van der Waals surface area contributed by atoms with Crippen LogP contribution < -0.4 is 5.73 Å². The molecular formula is C10H12ClN3. The van der Waals surface area contributed by atoms with Crippen molar-refractivity contribution in [2.24, 2.45) is 5.73 Å². The van der Waals surface area contributed by atoms with Crippen molar-refractivity contribution >= 4 is 17.1 Å². The lowest BCUT2D eigenvalue weighted by Gasteiger charge is -1.99. The number of aromatic nitrogens is 2. The van der Waals surface area contributed by atoms with Crippen LogP contribution in [0.1, 0.15) is 18.4 Å². The molecule has 0 fully saturated rings. The Labute approximate surface area is 87.5 Å². The van der Waals surface area contributed by atoms with E-state index in [-0.39, 0.29) is 0 Å². The summed E-state index contributed by atoms with van der Waals surface area (Å²) in [6, 6.07) is 3.77. The summed E-state index contributed by atoms with van der Waals surface area (Å²) in [6.45, 7) is 2.49. The Bertz CT molecular complexity index is 462. The van der Waals surface area contributed by atoms with Crippen molar-refractivity contribution in [1.29, 1.82) is 0 Å². The van der Waals surface area contributed by atoms with E-state index in [1.165, 1.54) is 0 Å². The summed E-state index contributed by atoms with van der Waals surface area (Å²) in [4.78, 5) is 4.44. The van der Waals surface area contributed by atoms with Crippen molar-refractivity contribution in [3.8, 4) is 0 Å². The second kappa shape index (κ2) is 3.59. The highest BCUT2D eigenvalue weighted by Crippen LogP contribution is 2.22. The van der Waals surface area contributed by atoms with Gasteiger partial charge in [-0.15, -0.1) is 0 Å². The molecular weight excluding hydrogens is 198 g/mol. The Morgan fingerprint density at radius 3 is 3.00 bits per heavy atom. The summed E-state index contributed by atoms with van der Waals surface area (Å²) >= 11 is 6.09. The van der Waals surface area contributed by atoms with Gasteiger partial charge in [-0.1, -0.05) is 18.5 Å². The number of pyridine rings is 1. The topological polar surface area (TPSA) is 43.3 Å². The molecule has 2 heterocycles. The van der Waals surface area contributed by atoms with Crippen molar-refractivity contribution in [3.05, 3.63) is 34.9 Å². The highest BCUT2D eigenvalue weighted by Gasteiger charge is 2.10. The van der Waals surface area contributed by atoms with E-state index < -0.39 is 0 Å². The van der Waals surface area contributed by atoms with Crippen molar-refractivity contribution in [2.75, 3.05) is 0 Å². The molecule has 0 unspecified atom stereocenters. The molecule has 2 aromatic heterocycles. The summed E-state index contributed by atoms with van der Waals surface area (Å²) in [7, 11) is 0. The predicted octanol–water partition coefficient (Wildman–Crippen LogP) is 2.01. The minimum atomic E-state index is 0.424. The summed E-state index contributed by atoms with van der Waals surface area (Å²) < 4.78 is 2.00. The van der Waals surface area contributed by atoms with Gasteiger partial charge in [-0.05, 0) is 12.1 Å². The van der Waals surface area contributed by atoms with E-state index in [0.717, 1.165) is 23.5 Å². The van der Waals surface area contributed by atoms with Crippen LogP contribution in [0.4, 0.5) is 0 Å². The third-order valence-electron chi connectivity index (χ3n) is 2.27. The first-order chi connectivity index (χ1) is 6.77. The van der Waals surface area contributed by atoms with Crippen LogP contribution in [0.5, 0.6) is 0 Å². The number of imidazole rings is 1. The highest BCUT2D eigenvalue weighted by atomic mass is 35.5. The Hall–Kier alpha value is -1.06. The van der Waals surface area contributed by atoms with Gasteiger partial charge >= 0.3 is 0 Å². The van der Waals surface area contributed by atoms with Crippen LogP contribution in [-0.4, -0.2) is 9.38 Å². The average Bonchev–Trinajstić information content (AvgIpc) is 2.57. The lowest BCUT2D eigenvalue weighted by molar-refractivity contribution is 0.915. The van der Waals surface area contributed by atoms with Gasteiger partial charge in [0.1, 0.15) is 5.82 Å². The molecule has 0 aromatic carbocycles. The largest absolute Gasteiger partial charge is 0.325 e. The molecule has 0 radical (unpaired) electrons. The molecule has 2 N–H and O–H groups in total. The Kier molecular flexibility index (Phi) is 2.44. The Morgan fingerprint density at radius 1 is 1.57 bits per heavy atom. The minimum absolute atomic E-state index is 0.424. The van der Waals surface area contributed by atoms with E-state index in [4.69, 9.17) is 17.3 Å². The van der Waals surface area contributed by atoms with E-state index >= 15 is 0 Å². The van der Waals surface area contributed by atoms with Crippen molar-refractivity contribution in [2.45, 2.75) is 19.9 Å². The quantitative estimate of drug-likeness (QED) is 0.823. The number of nitrogens with zero attached hydrogens (tertiary/aromatic N) is 2. The van der Waals surface area contributed by atoms with Gasteiger partial charge in [0.15, 0.2) is 0 Å². The maximum absolute atomic E-state index is 6.09. The van der Waals surface area contributed by atoms with Crippen molar-refractivity contribution in [3.63, 3.8) is 0 Å². The van der Waals surface area contributed by atoms with E-state index in [2.05, 4.69) is 11.9 Å². The molecule has 2 rings (SSSR count). The van der Waals surface area contributed by atoms with E-state index in [0.29, 0.717) is 11.6 Å². The number of hydrogen-bond donors (Lipinski definition) is 1. The van der Waals surface area contributed by atoms with Gasteiger partial charge in [0.25, 0.3) is 0 Å². The van der Waals surface area contributed by atoms with Gasteiger partial charge in [0, 0.05) is 19.2 Å². The fourth-order valence-electron chi connectivity index (χ4n) is 1.63. The van der Waals surface area contributed by atoms with E-state index in [9.17, 15) is 0 Å². The molecule has 14 heavy (non-hydrogen) atoms. The number of fused-ring (bicyclic) bond motifs is 1. The summed E-state index contributed by atoms with van der Waals surface area (Å²) in [6.07, 6.45) is 2.84. The molecule has 4 heteroatoms. The van der Waals surface area contributed by atoms with Crippen LogP contribution in [0.25, 0.3) is 5.52 Å². The summed E-state index contributed by atoms with van der Waals surface area (Å²) in [5, 5.41) is 0.708. The molecule has 0 atom stereocenters. The maximum atomic E-state index is 6.09. The predicted molar refractivity (Wildman–Crippen MR) is 57.5 cm³/mol. The molecule has 0 saturated carbocycles. The summed E-state index contributed by atoms with van der Waals surface area (Å²) in [5.41, 5.74) is 7.42. The zero-order valence-corrected chi connectivity index (χ0v) is 8.75. The molecule has 3 nitrogen and oxygen atoms in total. The standard InChI is InChI=1S/C10H12ClN3/c1-2-9-13-8(6-12)10-7(11)4-3-5-14(9)10/h3-5H,2,6,12H2,1H3. The average molecular weight is 210 g/mol. The van der Waals surface area contributed by atoms with Crippen LogP contribution >= 0.6 is 11.6 Å². The number of hydrogen-bond acceptors (Lipinski definition) is 2. The molecule has 0 bridgehead atoms. The molecule has 0 aliphatic rings. The number of rotatable bonds is 2. The second-order valence-electron chi connectivity index (χ2n) is 3.11. The lowest BCUT2D eigenvalue weighted by atomic mass is 10.3. The molecule has 2 aromatic rings. The van der Waals surface area contributed by atoms with Gasteiger partial charge in [0.2, 0.25) is 0 Å². The Balaban J connectivity index is 2.82. The van der Waals surface area contributed by atoms with Crippen LogP contribution in [0.2, 0.25) is 5.02 Å². The van der Waals surface area contributed by atoms with Crippen LogP contribution in [0.3, 0.4) is 0 Å². The van der Waals surface area contributed by atoms with E-state index in [1.54, 1.807) is 0 Å². The molecule has 0 aliphatic carbocycles. The first-order valence-electron chi connectivity index (χ1n) is 4.62. The van der Waals surface area contributed by atoms with Gasteiger partial charge in [-0.2, -0.15) is 0 Å². The smallest absolute Gasteiger partial charge is 0.113 e. The number of nitrogens with two attached hydrogens (primary N) is 1. The van der Waals surface area contributed by atoms with Gasteiger partial charge in [-0.25, -0.2) is 4.98 Å². The second-order valence-corrected chi connectivity index (χ2v) is 3.51. The SMILES string of the molecule is CCc1nc(CN)c2c(Cl)cccn12. The fraction of sp³-hybridized carbons (Fsp3) is 0.300. The normalized spacial score (nSPS) is 11.1. The van der Waals surface area contributed by atoms with Gasteiger partial charge in [-0.3, -0.25) is 0 Å². The minimum Gasteiger partial charge on any atom is -0.325 e. The number of aryl methyl sites for hydroxylation is 1. The molecule has 0 saturated heterocycles. The third-order valence-corrected chi connectivity index (χ3v) is 2.57. The Morgan fingerprint density at radius 2 is 2.36 bits per heavy atom. The molecule has 74 valence electrons. The molecule has 0 amide bonds. The summed E-state index contributed by atoms with van der Waals surface area (Å²) in [5.74, 6) is 1.00. The van der Waals surface area contributed by atoms with Crippen LogP contribution in [0.15, 0.2) is 18.3 Å². The molecule has 0 aliphatic heterocycles. The van der Waals surface area contributed by atoms with Gasteiger partial charge in [0.05, 0.1) is 16.2 Å². The van der Waals surface area contributed by atoms with Gasteiger partial charge < -0.3 is 10.1 Å². The van der Waals surface area contributed by atoms with E-state index in [1.807, 2.05) is 22.7 Å². The monoisotopic (exact) mass is 209 g/mol. The van der Waals surface area contributed by atoms with Crippen LogP contribution in [0, 0.1) is 0 Å². The zero-order valence-electron chi connectivity index (χ0n) is 8.00. The third kappa shape index (κ3) is 1.29. The first kappa shape index (κ1) is 9.49. The maximum Gasteiger partial charge on any atom is 0.113 e. The molecule has 0 spiro atoms. The number of halogens is 1. The van der Waals surface area contributed by atoms with Crippen molar-refractivity contribution < 1.29 is 0 Å².